The Bertz CT molecular complexity index is 1590. The molecule has 0 fully saturated rings. The summed E-state index contributed by atoms with van der Waals surface area (Å²) < 4.78 is 2.67. The van der Waals surface area contributed by atoms with Crippen LogP contribution in [0.2, 0.25) is 0 Å². The normalized spacial score (nSPS) is 16.0. The molecule has 0 unspecified atom stereocenters. The number of para-hydroxylation sites is 2. The lowest BCUT2D eigenvalue weighted by Crippen LogP contribution is -2.28. The maximum Gasteiger partial charge on any atom is 0.209 e. The number of benzene rings is 2. The van der Waals surface area contributed by atoms with Crippen molar-refractivity contribution in [3.63, 3.8) is 0 Å². The topological polar surface area (TPSA) is 6.25 Å². The van der Waals surface area contributed by atoms with Gasteiger partial charge in [0.25, 0.3) is 0 Å². The van der Waals surface area contributed by atoms with Gasteiger partial charge in [0, 0.05) is 47.5 Å². The van der Waals surface area contributed by atoms with Gasteiger partial charge in [0.15, 0.2) is 5.71 Å². The van der Waals surface area contributed by atoms with Crippen molar-refractivity contribution in [1.82, 2.24) is 0 Å². The van der Waals surface area contributed by atoms with Gasteiger partial charge >= 0.3 is 0 Å². The highest BCUT2D eigenvalue weighted by Crippen LogP contribution is 2.48. The Hall–Kier alpha value is -2.61. The molecule has 2 aromatic carbocycles. The summed E-state index contributed by atoms with van der Waals surface area (Å²) in [5.41, 5.74) is 8.65. The summed E-state index contributed by atoms with van der Waals surface area (Å²) in [7, 11) is 0. The van der Waals surface area contributed by atoms with Crippen LogP contribution in [-0.4, -0.2) is 23.4 Å². The van der Waals surface area contributed by atoms with E-state index in [1.807, 2.05) is 0 Å². The smallest absolute Gasteiger partial charge is 0.209 e. The zero-order chi connectivity index (χ0) is 44.9. The Balaban J connectivity index is 1.21. The van der Waals surface area contributed by atoms with Gasteiger partial charge in [-0.25, -0.2) is 0 Å². The predicted molar refractivity (Wildman–Crippen MR) is 282 cm³/mol. The maximum absolute atomic E-state index is 2.67. The Kier molecular flexibility index (Phi) is 26.4. The van der Waals surface area contributed by atoms with Crippen LogP contribution < -0.4 is 4.90 Å². The van der Waals surface area contributed by atoms with Crippen molar-refractivity contribution in [1.29, 1.82) is 0 Å². The van der Waals surface area contributed by atoms with Crippen molar-refractivity contribution in [2.45, 2.75) is 271 Å². The molecule has 0 amide bonds. The van der Waals surface area contributed by atoms with E-state index in [4.69, 9.17) is 0 Å². The fraction of sp³-hybridized carbons (Fsp3) is 0.721. The minimum Gasteiger partial charge on any atom is -0.344 e. The second-order valence-electron chi connectivity index (χ2n) is 21.2. The van der Waals surface area contributed by atoms with Gasteiger partial charge in [-0.15, -0.1) is 0 Å². The second-order valence-corrected chi connectivity index (χ2v) is 21.2. The van der Waals surface area contributed by atoms with Crippen LogP contribution >= 0.6 is 0 Å². The lowest BCUT2D eigenvalue weighted by molar-refractivity contribution is -0.438. The van der Waals surface area contributed by atoms with E-state index in [1.54, 1.807) is 0 Å². The molecule has 0 aromatic heterocycles. The number of fused-ring (bicyclic) bond motifs is 2. The molecule has 2 aliphatic heterocycles. The van der Waals surface area contributed by atoms with Crippen LogP contribution in [-0.2, 0) is 10.8 Å². The summed E-state index contributed by atoms with van der Waals surface area (Å²) in [4.78, 5) is 2.67. The van der Waals surface area contributed by atoms with E-state index >= 15 is 0 Å². The standard InChI is InChI=1S/C61H101N2/c1-7-9-11-13-15-17-19-21-23-25-27-29-31-33-35-37-43-52-62-56-48-41-39-46-54(56)60(3,4)58(62)50-45-51-59-61(5,6)55-47-40-42-49-57(55)63(59)53-44-38-36-34-32-30-28-26-24-22-20-18-16-14-12-10-8-2/h39-42,45-51H,7-38,43-44,52-53H2,1-6H3/q+1. The molecule has 2 heteroatoms. The zero-order valence-corrected chi connectivity index (χ0v) is 42.7. The number of hydrogen-bond donors (Lipinski definition) is 0. The summed E-state index contributed by atoms with van der Waals surface area (Å²) in [6.45, 7) is 16.6. The molecule has 2 aromatic rings. The average Bonchev–Trinajstić information content (AvgIpc) is 3.63. The lowest BCUT2D eigenvalue weighted by Gasteiger charge is -2.27. The van der Waals surface area contributed by atoms with Gasteiger partial charge in [0.05, 0.1) is 5.41 Å². The van der Waals surface area contributed by atoms with Crippen LogP contribution in [0.1, 0.15) is 271 Å². The number of anilines is 1. The molecule has 2 heterocycles. The van der Waals surface area contributed by atoms with Crippen molar-refractivity contribution in [3.8, 4) is 0 Å². The largest absolute Gasteiger partial charge is 0.344 e. The van der Waals surface area contributed by atoms with E-state index < -0.39 is 0 Å². The fourth-order valence-electron chi connectivity index (χ4n) is 11.0. The first-order valence-electron chi connectivity index (χ1n) is 27.8. The number of nitrogens with zero attached hydrogens (tertiary/aromatic N) is 2. The summed E-state index contributed by atoms with van der Waals surface area (Å²) in [5, 5.41) is 0. The van der Waals surface area contributed by atoms with E-state index in [2.05, 4.69) is 118 Å². The van der Waals surface area contributed by atoms with E-state index in [0.717, 1.165) is 13.1 Å². The minimum absolute atomic E-state index is 0.0126. The van der Waals surface area contributed by atoms with Crippen molar-refractivity contribution >= 4 is 17.1 Å². The Morgan fingerprint density at radius 2 is 0.810 bits per heavy atom. The first kappa shape index (κ1) is 53.0. The number of rotatable bonds is 38. The third-order valence-electron chi connectivity index (χ3n) is 15.1. The number of allylic oxidation sites excluding steroid dienone is 4. The fourth-order valence-corrected chi connectivity index (χ4v) is 11.0. The van der Waals surface area contributed by atoms with Crippen LogP contribution in [0.4, 0.5) is 11.4 Å². The Morgan fingerprint density at radius 3 is 1.27 bits per heavy atom. The minimum atomic E-state index is -0.0126. The van der Waals surface area contributed by atoms with Gasteiger partial charge in [-0.2, -0.15) is 4.58 Å². The third-order valence-corrected chi connectivity index (χ3v) is 15.1. The molecule has 4 rings (SSSR count). The highest BCUT2D eigenvalue weighted by atomic mass is 15.2. The monoisotopic (exact) mass is 862 g/mol. The first-order valence-corrected chi connectivity index (χ1v) is 27.8. The van der Waals surface area contributed by atoms with Gasteiger partial charge < -0.3 is 4.90 Å². The molecule has 2 nitrogen and oxygen atoms in total. The van der Waals surface area contributed by atoms with E-state index in [9.17, 15) is 0 Å². The van der Waals surface area contributed by atoms with Crippen molar-refractivity contribution < 1.29 is 4.58 Å². The summed E-state index contributed by atoms with van der Waals surface area (Å²) in [6, 6.07) is 18.4. The molecule has 2 aliphatic rings. The van der Waals surface area contributed by atoms with Crippen molar-refractivity contribution in [2.24, 2.45) is 0 Å². The van der Waals surface area contributed by atoms with Crippen molar-refractivity contribution in [3.05, 3.63) is 83.6 Å². The molecule has 0 N–H and O–H groups in total. The van der Waals surface area contributed by atoms with Crippen LogP contribution in [0.15, 0.2) is 72.5 Å². The van der Waals surface area contributed by atoms with Crippen LogP contribution in [0.5, 0.6) is 0 Å². The van der Waals surface area contributed by atoms with E-state index in [0.29, 0.717) is 0 Å². The second kappa shape index (κ2) is 31.3. The van der Waals surface area contributed by atoms with Gasteiger partial charge in [-0.1, -0.05) is 269 Å². The van der Waals surface area contributed by atoms with Gasteiger partial charge in [0.2, 0.25) is 5.69 Å². The molecule has 0 aliphatic carbocycles. The Labute approximate surface area is 392 Å². The SMILES string of the molecule is CCCCCCCCCCCCCCCCCCCN1/C(=C/C=C/C2=[N+](CCCCCCCCCCCCCCCCCCC)c3ccccc3C2(C)C)C(C)(C)c2ccccc21. The molecular weight excluding hydrogens is 761 g/mol. The lowest BCUT2D eigenvalue weighted by atomic mass is 9.81. The van der Waals surface area contributed by atoms with Crippen LogP contribution in [0.3, 0.4) is 0 Å². The highest BCUT2D eigenvalue weighted by molar-refractivity contribution is 6.03. The van der Waals surface area contributed by atoms with Crippen LogP contribution in [0.25, 0.3) is 0 Å². The maximum atomic E-state index is 2.67. The van der Waals surface area contributed by atoms with Gasteiger partial charge in [-0.05, 0) is 44.4 Å². The summed E-state index contributed by atoms with van der Waals surface area (Å²) >= 11 is 0. The molecule has 0 radical (unpaired) electrons. The third kappa shape index (κ3) is 18.3. The zero-order valence-electron chi connectivity index (χ0n) is 42.7. The molecule has 0 bridgehead atoms. The predicted octanol–water partition coefficient (Wildman–Crippen LogP) is 19.6. The summed E-state index contributed by atoms with van der Waals surface area (Å²) in [5.74, 6) is 0. The first-order chi connectivity index (χ1) is 30.8. The van der Waals surface area contributed by atoms with Crippen molar-refractivity contribution in [2.75, 3.05) is 18.0 Å². The summed E-state index contributed by atoms with van der Waals surface area (Å²) in [6.07, 6.45) is 55.5. The van der Waals surface area contributed by atoms with Gasteiger partial charge in [0.1, 0.15) is 6.54 Å². The molecule has 0 atom stereocenters. The molecule has 354 valence electrons. The van der Waals surface area contributed by atoms with Gasteiger partial charge in [-0.3, -0.25) is 0 Å². The van der Waals surface area contributed by atoms with E-state index in [-0.39, 0.29) is 10.8 Å². The Morgan fingerprint density at radius 1 is 0.429 bits per heavy atom. The average molecular weight is 862 g/mol. The highest BCUT2D eigenvalue weighted by Gasteiger charge is 2.44. The number of hydrogen-bond acceptors (Lipinski definition) is 1. The van der Waals surface area contributed by atoms with E-state index in [1.165, 1.54) is 252 Å². The quantitative estimate of drug-likeness (QED) is 0.0482. The molecule has 0 saturated carbocycles. The molecular formula is C61H101N2+. The van der Waals surface area contributed by atoms with Crippen LogP contribution in [0, 0.1) is 0 Å². The molecule has 63 heavy (non-hydrogen) atoms. The molecule has 0 spiro atoms. The molecule has 0 saturated heterocycles. The number of unbranched alkanes of at least 4 members (excludes halogenated alkanes) is 32.